The second kappa shape index (κ2) is 8.56. The molecule has 5 nitrogen and oxygen atoms in total. The van der Waals surface area contributed by atoms with E-state index in [2.05, 4.69) is 13.2 Å². The maximum absolute atomic E-state index is 14.5. The standard InChI is InChI=1S/C23H20FNO4/c1-3-13-25-20(17-7-5-6-8-18(17)24)19(22(27)23(25)28)21(26)15-9-11-16(12-10-15)29-14-4-2/h3-12,20,26H,1-2,13-14H2/t20-/m1/s1. The number of Topliss-reactive ketones (excluding diaryl/α,β-unsaturated/α-hetero) is 1. The van der Waals surface area contributed by atoms with Crippen molar-refractivity contribution >= 4 is 17.4 Å². The van der Waals surface area contributed by atoms with E-state index in [9.17, 15) is 19.1 Å². The lowest BCUT2D eigenvalue weighted by molar-refractivity contribution is -0.139. The number of hydrogen-bond donors (Lipinski definition) is 1. The minimum Gasteiger partial charge on any atom is -0.507 e. The SMILES string of the molecule is C=CCOc1ccc(C(O)=C2C(=O)C(=O)N(CC=C)[C@@H]2c2ccccc2F)cc1. The summed E-state index contributed by atoms with van der Waals surface area (Å²) < 4.78 is 19.9. The molecule has 1 heterocycles. The van der Waals surface area contributed by atoms with Gasteiger partial charge in [-0.15, -0.1) is 6.58 Å². The Bertz CT molecular complexity index is 994. The molecular weight excluding hydrogens is 373 g/mol. The van der Waals surface area contributed by atoms with Gasteiger partial charge < -0.3 is 14.7 Å². The average molecular weight is 393 g/mol. The van der Waals surface area contributed by atoms with Gasteiger partial charge in [0.25, 0.3) is 11.7 Å². The number of rotatable bonds is 7. The molecule has 0 saturated carbocycles. The van der Waals surface area contributed by atoms with Crippen LogP contribution in [0.25, 0.3) is 5.76 Å². The minimum absolute atomic E-state index is 0.0364. The van der Waals surface area contributed by atoms with E-state index in [4.69, 9.17) is 4.74 Å². The van der Waals surface area contributed by atoms with Crippen LogP contribution in [0.5, 0.6) is 5.75 Å². The number of carbonyl (C=O) groups is 2. The Morgan fingerprint density at radius 2 is 1.79 bits per heavy atom. The highest BCUT2D eigenvalue weighted by atomic mass is 19.1. The topological polar surface area (TPSA) is 66.8 Å². The van der Waals surface area contributed by atoms with Crippen LogP contribution >= 0.6 is 0 Å². The van der Waals surface area contributed by atoms with E-state index in [0.29, 0.717) is 17.9 Å². The summed E-state index contributed by atoms with van der Waals surface area (Å²) in [4.78, 5) is 26.4. The first kappa shape index (κ1) is 20.1. The van der Waals surface area contributed by atoms with Crippen molar-refractivity contribution in [3.63, 3.8) is 0 Å². The number of likely N-dealkylation sites (tertiary alicyclic amines) is 1. The first-order valence-corrected chi connectivity index (χ1v) is 8.97. The van der Waals surface area contributed by atoms with Crippen LogP contribution in [0.1, 0.15) is 17.2 Å². The van der Waals surface area contributed by atoms with Gasteiger partial charge in [0, 0.05) is 17.7 Å². The minimum atomic E-state index is -1.05. The number of hydrogen-bond acceptors (Lipinski definition) is 4. The molecule has 0 aromatic heterocycles. The van der Waals surface area contributed by atoms with Crippen molar-refractivity contribution in [2.75, 3.05) is 13.2 Å². The molecule has 1 aliphatic rings. The van der Waals surface area contributed by atoms with Crippen molar-refractivity contribution in [1.82, 2.24) is 4.90 Å². The van der Waals surface area contributed by atoms with Crippen molar-refractivity contribution in [1.29, 1.82) is 0 Å². The number of carbonyl (C=O) groups excluding carboxylic acids is 2. The number of nitrogens with zero attached hydrogens (tertiary/aromatic N) is 1. The third-order valence-corrected chi connectivity index (χ3v) is 4.56. The third kappa shape index (κ3) is 3.82. The van der Waals surface area contributed by atoms with Crippen LogP contribution in [0.2, 0.25) is 0 Å². The smallest absolute Gasteiger partial charge is 0.295 e. The number of aliphatic hydroxyl groups is 1. The zero-order chi connectivity index (χ0) is 21.0. The zero-order valence-corrected chi connectivity index (χ0v) is 15.7. The maximum Gasteiger partial charge on any atom is 0.295 e. The Hall–Kier alpha value is -3.67. The predicted octanol–water partition coefficient (Wildman–Crippen LogP) is 4.00. The Kier molecular flexibility index (Phi) is 5.93. The van der Waals surface area contributed by atoms with E-state index >= 15 is 0 Å². The van der Waals surface area contributed by atoms with E-state index in [1.807, 2.05) is 0 Å². The molecule has 1 atom stereocenters. The largest absolute Gasteiger partial charge is 0.507 e. The molecule has 6 heteroatoms. The molecule has 0 bridgehead atoms. The van der Waals surface area contributed by atoms with Gasteiger partial charge in [0.15, 0.2) is 0 Å². The van der Waals surface area contributed by atoms with Crippen LogP contribution < -0.4 is 4.74 Å². The summed E-state index contributed by atoms with van der Waals surface area (Å²) in [7, 11) is 0. The van der Waals surface area contributed by atoms with Gasteiger partial charge in [-0.25, -0.2) is 4.39 Å². The highest BCUT2D eigenvalue weighted by Crippen LogP contribution is 2.40. The average Bonchev–Trinajstić information content (AvgIpc) is 2.97. The molecule has 1 amide bonds. The molecule has 0 spiro atoms. The Morgan fingerprint density at radius 1 is 1.10 bits per heavy atom. The fraction of sp³-hybridized carbons (Fsp3) is 0.130. The molecule has 1 fully saturated rings. The summed E-state index contributed by atoms with van der Waals surface area (Å²) >= 11 is 0. The first-order chi connectivity index (χ1) is 14.0. The fourth-order valence-electron chi connectivity index (χ4n) is 3.25. The predicted molar refractivity (Wildman–Crippen MR) is 108 cm³/mol. The molecule has 2 aromatic rings. The van der Waals surface area contributed by atoms with Gasteiger partial charge in [0.05, 0.1) is 11.6 Å². The summed E-state index contributed by atoms with van der Waals surface area (Å²) in [6.07, 6.45) is 3.05. The lowest BCUT2D eigenvalue weighted by atomic mass is 9.95. The normalized spacial score (nSPS) is 18.0. The van der Waals surface area contributed by atoms with E-state index in [1.54, 1.807) is 36.4 Å². The van der Waals surface area contributed by atoms with Crippen LogP contribution in [0, 0.1) is 5.82 Å². The van der Waals surface area contributed by atoms with Gasteiger partial charge in [-0.2, -0.15) is 0 Å². The molecule has 1 N–H and O–H groups in total. The van der Waals surface area contributed by atoms with Gasteiger partial charge in [-0.05, 0) is 30.3 Å². The quantitative estimate of drug-likeness (QED) is 0.334. The third-order valence-electron chi connectivity index (χ3n) is 4.56. The first-order valence-electron chi connectivity index (χ1n) is 8.97. The summed E-state index contributed by atoms with van der Waals surface area (Å²) in [5.41, 5.74) is 0.275. The molecule has 148 valence electrons. The highest BCUT2D eigenvalue weighted by molar-refractivity contribution is 6.46. The Balaban J connectivity index is 2.11. The van der Waals surface area contributed by atoms with Gasteiger partial charge in [-0.1, -0.05) is 36.9 Å². The summed E-state index contributed by atoms with van der Waals surface area (Å²) in [6.45, 7) is 7.53. The number of aliphatic hydroxyl groups excluding tert-OH is 1. The summed E-state index contributed by atoms with van der Waals surface area (Å²) in [6, 6.07) is 11.2. The molecule has 2 aromatic carbocycles. The van der Waals surface area contributed by atoms with Gasteiger partial charge in [0.2, 0.25) is 0 Å². The summed E-state index contributed by atoms with van der Waals surface area (Å²) in [5, 5.41) is 10.9. The molecule has 1 aliphatic heterocycles. The Morgan fingerprint density at radius 3 is 2.41 bits per heavy atom. The van der Waals surface area contributed by atoms with Crippen LogP contribution in [0.15, 0.2) is 79.4 Å². The number of amides is 1. The molecule has 0 radical (unpaired) electrons. The van der Waals surface area contributed by atoms with E-state index in [-0.39, 0.29) is 23.4 Å². The van der Waals surface area contributed by atoms with Gasteiger partial charge >= 0.3 is 0 Å². The van der Waals surface area contributed by atoms with Crippen molar-refractivity contribution in [2.45, 2.75) is 6.04 Å². The van der Waals surface area contributed by atoms with Crippen molar-refractivity contribution in [2.24, 2.45) is 0 Å². The Labute approximate surface area is 168 Å². The van der Waals surface area contributed by atoms with E-state index in [0.717, 1.165) is 0 Å². The zero-order valence-electron chi connectivity index (χ0n) is 15.7. The maximum atomic E-state index is 14.5. The number of ketones is 1. The van der Waals surface area contributed by atoms with Crippen LogP contribution in [0.4, 0.5) is 4.39 Å². The number of ether oxygens (including phenoxy) is 1. The van der Waals surface area contributed by atoms with Crippen LogP contribution in [0.3, 0.4) is 0 Å². The van der Waals surface area contributed by atoms with Crippen LogP contribution in [-0.4, -0.2) is 34.8 Å². The second-order valence-electron chi connectivity index (χ2n) is 6.39. The number of halogens is 1. The molecule has 0 unspecified atom stereocenters. The fourth-order valence-corrected chi connectivity index (χ4v) is 3.25. The lowest BCUT2D eigenvalue weighted by Gasteiger charge is -2.24. The number of benzene rings is 2. The highest BCUT2D eigenvalue weighted by Gasteiger charge is 2.46. The van der Waals surface area contributed by atoms with Gasteiger partial charge in [0.1, 0.15) is 23.9 Å². The van der Waals surface area contributed by atoms with Crippen molar-refractivity contribution < 1.29 is 23.8 Å². The van der Waals surface area contributed by atoms with Gasteiger partial charge in [-0.3, -0.25) is 9.59 Å². The van der Waals surface area contributed by atoms with E-state index < -0.39 is 23.5 Å². The monoisotopic (exact) mass is 393 g/mol. The summed E-state index contributed by atoms with van der Waals surface area (Å²) in [5.74, 6) is -2.08. The van der Waals surface area contributed by atoms with Crippen molar-refractivity contribution in [3.05, 3.63) is 96.4 Å². The molecule has 3 rings (SSSR count). The van der Waals surface area contributed by atoms with E-state index in [1.165, 1.54) is 29.2 Å². The molecule has 0 aliphatic carbocycles. The lowest BCUT2D eigenvalue weighted by Crippen LogP contribution is -2.30. The van der Waals surface area contributed by atoms with Crippen LogP contribution in [-0.2, 0) is 9.59 Å². The van der Waals surface area contributed by atoms with Crippen molar-refractivity contribution in [3.8, 4) is 5.75 Å². The molecular formula is C23H20FNO4. The second-order valence-corrected chi connectivity index (χ2v) is 6.39. The molecule has 1 saturated heterocycles. The molecule has 29 heavy (non-hydrogen) atoms.